The Balaban J connectivity index is 3.12. The Morgan fingerprint density at radius 2 is 1.68 bits per heavy atom. The van der Waals surface area contributed by atoms with E-state index in [4.69, 9.17) is 19.9 Å². The molecule has 0 aliphatic carbocycles. The van der Waals surface area contributed by atoms with Crippen molar-refractivity contribution in [3.05, 3.63) is 17.7 Å². The highest BCUT2D eigenvalue weighted by Gasteiger charge is 2.19. The van der Waals surface area contributed by atoms with Crippen molar-refractivity contribution in [2.24, 2.45) is 5.73 Å². The third kappa shape index (κ3) is 3.86. The average Bonchev–Trinajstić information content (AvgIpc) is 2.42. The first-order chi connectivity index (χ1) is 9.03. The Morgan fingerprint density at radius 3 is 2.05 bits per heavy atom. The summed E-state index contributed by atoms with van der Waals surface area (Å²) in [7, 11) is 4.70. The van der Waals surface area contributed by atoms with E-state index in [9.17, 15) is 4.79 Å². The second kappa shape index (κ2) is 6.99. The summed E-state index contributed by atoms with van der Waals surface area (Å²) in [5.74, 6) is 1.96. The zero-order valence-corrected chi connectivity index (χ0v) is 11.9. The van der Waals surface area contributed by atoms with Gasteiger partial charge >= 0.3 is 0 Å². The lowest BCUT2D eigenvalue weighted by atomic mass is 9.99. The minimum absolute atomic E-state index is 0.113. The Bertz CT molecular complexity index is 420. The Hall–Kier alpha value is -1.75. The molecule has 1 aromatic carbocycles. The van der Waals surface area contributed by atoms with Crippen molar-refractivity contribution in [3.63, 3.8) is 0 Å². The fourth-order valence-corrected chi connectivity index (χ4v) is 1.90. The van der Waals surface area contributed by atoms with Gasteiger partial charge in [-0.05, 0) is 13.3 Å². The maximum atomic E-state index is 11.1. The molecule has 106 valence electrons. The second-order valence-electron chi connectivity index (χ2n) is 4.29. The molecule has 0 spiro atoms. The average molecular weight is 267 g/mol. The van der Waals surface area contributed by atoms with Crippen LogP contribution in [0.25, 0.3) is 0 Å². The van der Waals surface area contributed by atoms with Gasteiger partial charge in [-0.3, -0.25) is 0 Å². The molecule has 19 heavy (non-hydrogen) atoms. The summed E-state index contributed by atoms with van der Waals surface area (Å²) >= 11 is 0. The fourth-order valence-electron chi connectivity index (χ4n) is 1.90. The molecule has 1 aromatic rings. The SMILES string of the molecule is COc1cc(OC)c(C(N)CCC(C)=O)c(OC)c1. The minimum Gasteiger partial charge on any atom is -0.496 e. The molecule has 1 rings (SSSR count). The zero-order chi connectivity index (χ0) is 14.4. The minimum atomic E-state index is -0.320. The third-order valence-corrected chi connectivity index (χ3v) is 2.93. The van der Waals surface area contributed by atoms with E-state index >= 15 is 0 Å². The lowest BCUT2D eigenvalue weighted by Crippen LogP contribution is -2.14. The first-order valence-electron chi connectivity index (χ1n) is 6.08. The molecule has 5 nitrogen and oxygen atoms in total. The van der Waals surface area contributed by atoms with Crippen LogP contribution in [0.15, 0.2) is 12.1 Å². The molecule has 5 heteroatoms. The molecular formula is C14H21NO4. The summed E-state index contributed by atoms with van der Waals surface area (Å²) in [6.45, 7) is 1.55. The summed E-state index contributed by atoms with van der Waals surface area (Å²) in [6, 6.07) is 3.19. The van der Waals surface area contributed by atoms with E-state index in [0.717, 1.165) is 5.56 Å². The molecule has 0 saturated carbocycles. The topological polar surface area (TPSA) is 70.8 Å². The number of nitrogens with two attached hydrogens (primary N) is 1. The van der Waals surface area contributed by atoms with Gasteiger partial charge in [0.1, 0.15) is 23.0 Å². The van der Waals surface area contributed by atoms with Crippen LogP contribution in [0.5, 0.6) is 17.2 Å². The maximum absolute atomic E-state index is 11.1. The van der Waals surface area contributed by atoms with Crippen LogP contribution in [0, 0.1) is 0 Å². The number of carbonyl (C=O) groups is 1. The highest BCUT2D eigenvalue weighted by molar-refractivity contribution is 5.75. The van der Waals surface area contributed by atoms with Gasteiger partial charge in [-0.1, -0.05) is 0 Å². The van der Waals surface area contributed by atoms with E-state index in [1.807, 2.05) is 0 Å². The first-order valence-corrected chi connectivity index (χ1v) is 6.08. The number of benzene rings is 1. The van der Waals surface area contributed by atoms with Crippen LogP contribution in [-0.2, 0) is 4.79 Å². The number of hydrogen-bond donors (Lipinski definition) is 1. The fraction of sp³-hybridized carbons (Fsp3) is 0.500. The van der Waals surface area contributed by atoms with Crippen LogP contribution in [0.1, 0.15) is 31.4 Å². The van der Waals surface area contributed by atoms with Crippen LogP contribution in [0.4, 0.5) is 0 Å². The van der Waals surface area contributed by atoms with Crippen molar-refractivity contribution in [2.75, 3.05) is 21.3 Å². The molecule has 0 amide bonds. The molecule has 0 bridgehead atoms. The summed E-state index contributed by atoms with van der Waals surface area (Å²) < 4.78 is 15.8. The van der Waals surface area contributed by atoms with E-state index in [0.29, 0.717) is 30.1 Å². The van der Waals surface area contributed by atoms with Crippen LogP contribution >= 0.6 is 0 Å². The highest BCUT2D eigenvalue weighted by Crippen LogP contribution is 2.38. The van der Waals surface area contributed by atoms with Gasteiger partial charge in [-0.25, -0.2) is 0 Å². The van der Waals surface area contributed by atoms with E-state index in [1.54, 1.807) is 40.4 Å². The van der Waals surface area contributed by atoms with Gasteiger partial charge in [0.15, 0.2) is 0 Å². The zero-order valence-electron chi connectivity index (χ0n) is 11.9. The second-order valence-corrected chi connectivity index (χ2v) is 4.29. The molecule has 0 saturated heterocycles. The number of rotatable bonds is 7. The molecule has 0 aromatic heterocycles. The largest absolute Gasteiger partial charge is 0.496 e. The summed E-state index contributed by atoms with van der Waals surface area (Å²) in [6.07, 6.45) is 0.980. The quantitative estimate of drug-likeness (QED) is 0.819. The molecular weight excluding hydrogens is 246 g/mol. The standard InChI is InChI=1S/C14H21NO4/c1-9(16)5-6-11(15)14-12(18-3)7-10(17-2)8-13(14)19-4/h7-8,11H,5-6,15H2,1-4H3. The molecule has 1 unspecified atom stereocenters. The van der Waals surface area contributed by atoms with Crippen molar-refractivity contribution in [1.82, 2.24) is 0 Å². The highest BCUT2D eigenvalue weighted by atomic mass is 16.5. The summed E-state index contributed by atoms with van der Waals surface area (Å²) in [5.41, 5.74) is 6.89. The van der Waals surface area contributed by atoms with Gasteiger partial charge in [-0.2, -0.15) is 0 Å². The van der Waals surface area contributed by atoms with Crippen molar-refractivity contribution in [3.8, 4) is 17.2 Å². The van der Waals surface area contributed by atoms with E-state index in [1.165, 1.54) is 0 Å². The lowest BCUT2D eigenvalue weighted by molar-refractivity contribution is -0.117. The number of ether oxygens (including phenoxy) is 3. The Morgan fingerprint density at radius 1 is 1.16 bits per heavy atom. The van der Waals surface area contributed by atoms with Gasteiger partial charge in [0.25, 0.3) is 0 Å². The maximum Gasteiger partial charge on any atom is 0.131 e. The predicted molar refractivity (Wildman–Crippen MR) is 72.9 cm³/mol. The van der Waals surface area contributed by atoms with E-state index < -0.39 is 0 Å². The summed E-state index contributed by atoms with van der Waals surface area (Å²) in [5, 5.41) is 0. The number of ketones is 1. The molecule has 1 atom stereocenters. The normalized spacial score (nSPS) is 11.8. The van der Waals surface area contributed by atoms with Gasteiger partial charge in [0.2, 0.25) is 0 Å². The smallest absolute Gasteiger partial charge is 0.131 e. The van der Waals surface area contributed by atoms with Crippen molar-refractivity contribution in [2.45, 2.75) is 25.8 Å². The lowest BCUT2D eigenvalue weighted by Gasteiger charge is -2.19. The van der Waals surface area contributed by atoms with Crippen LogP contribution < -0.4 is 19.9 Å². The summed E-state index contributed by atoms with van der Waals surface area (Å²) in [4.78, 5) is 11.1. The van der Waals surface area contributed by atoms with Gasteiger partial charge < -0.3 is 24.7 Å². The van der Waals surface area contributed by atoms with Gasteiger partial charge in [-0.15, -0.1) is 0 Å². The number of hydrogen-bond acceptors (Lipinski definition) is 5. The monoisotopic (exact) mass is 267 g/mol. The van der Waals surface area contributed by atoms with Crippen molar-refractivity contribution in [1.29, 1.82) is 0 Å². The van der Waals surface area contributed by atoms with Gasteiger partial charge in [0.05, 0.1) is 26.9 Å². The predicted octanol–water partition coefficient (Wildman–Crippen LogP) is 2.08. The molecule has 0 heterocycles. The molecule has 0 aliphatic rings. The third-order valence-electron chi connectivity index (χ3n) is 2.93. The Kier molecular flexibility index (Phi) is 5.63. The van der Waals surface area contributed by atoms with E-state index in [2.05, 4.69) is 0 Å². The van der Waals surface area contributed by atoms with Crippen LogP contribution in [-0.4, -0.2) is 27.1 Å². The molecule has 0 aliphatic heterocycles. The number of Topliss-reactive ketones (excluding diaryl/α,β-unsaturated/α-hetero) is 1. The van der Waals surface area contributed by atoms with Crippen molar-refractivity contribution < 1.29 is 19.0 Å². The van der Waals surface area contributed by atoms with Crippen LogP contribution in [0.3, 0.4) is 0 Å². The number of methoxy groups -OCH3 is 3. The van der Waals surface area contributed by atoms with Crippen molar-refractivity contribution >= 4 is 5.78 Å². The Labute approximate surface area is 113 Å². The van der Waals surface area contributed by atoms with Crippen LogP contribution in [0.2, 0.25) is 0 Å². The number of carbonyl (C=O) groups excluding carboxylic acids is 1. The van der Waals surface area contributed by atoms with Gasteiger partial charge in [0, 0.05) is 24.6 Å². The first kappa shape index (κ1) is 15.3. The molecule has 0 fully saturated rings. The molecule has 2 N–H and O–H groups in total. The molecule has 0 radical (unpaired) electrons. The van der Waals surface area contributed by atoms with E-state index in [-0.39, 0.29) is 11.8 Å².